The molecule has 1 aromatic rings. The van der Waals surface area contributed by atoms with Gasteiger partial charge in [0.2, 0.25) is 11.8 Å². The second-order valence-electron chi connectivity index (χ2n) is 5.14. The molecule has 2 amide bonds. The van der Waals surface area contributed by atoms with Gasteiger partial charge in [-0.3, -0.25) is 9.59 Å². The van der Waals surface area contributed by atoms with Crippen LogP contribution in [0.5, 0.6) is 0 Å². The second-order valence-corrected chi connectivity index (χ2v) is 5.99. The molecule has 21 heavy (non-hydrogen) atoms. The molecule has 108 valence electrons. The van der Waals surface area contributed by atoms with Crippen molar-refractivity contribution < 1.29 is 19.5 Å². The van der Waals surface area contributed by atoms with Crippen molar-refractivity contribution in [1.82, 2.24) is 0 Å². The number of allylic oxidation sites excluding steroid dienone is 2. The Labute approximate surface area is 129 Å². The summed E-state index contributed by atoms with van der Waals surface area (Å²) >= 11 is 3.29. The highest BCUT2D eigenvalue weighted by Gasteiger charge is 2.48. The molecule has 1 aliphatic heterocycles. The summed E-state index contributed by atoms with van der Waals surface area (Å²) in [6, 6.07) is 4.32. The molecule has 0 radical (unpaired) electrons. The van der Waals surface area contributed by atoms with E-state index in [1.807, 2.05) is 12.2 Å². The standard InChI is InChI=1S/C15H12BrNO4/c16-11-6-5-8(15(20)21)7-12(11)17-13(18)9-3-1-2-4-10(9)14(17)19/h1-2,5-7,9-10H,3-4H2,(H,20,21)/t9-,10+. The van der Waals surface area contributed by atoms with E-state index in [0.29, 0.717) is 23.0 Å². The van der Waals surface area contributed by atoms with E-state index in [9.17, 15) is 14.4 Å². The predicted molar refractivity (Wildman–Crippen MR) is 78.9 cm³/mol. The molecule has 1 saturated heterocycles. The van der Waals surface area contributed by atoms with Crippen LogP contribution in [0.15, 0.2) is 34.8 Å². The van der Waals surface area contributed by atoms with E-state index in [2.05, 4.69) is 15.9 Å². The molecule has 5 nitrogen and oxygen atoms in total. The molecule has 1 fully saturated rings. The molecular formula is C15H12BrNO4. The summed E-state index contributed by atoms with van der Waals surface area (Å²) in [5.74, 6) is -2.26. The van der Waals surface area contributed by atoms with Crippen LogP contribution in [0.25, 0.3) is 0 Å². The molecule has 2 aliphatic rings. The Kier molecular flexibility index (Phi) is 3.41. The number of carbonyl (C=O) groups is 3. The van der Waals surface area contributed by atoms with Gasteiger partial charge in [-0.2, -0.15) is 0 Å². The molecule has 1 heterocycles. The summed E-state index contributed by atoms with van der Waals surface area (Å²) in [5, 5.41) is 9.07. The van der Waals surface area contributed by atoms with Crippen molar-refractivity contribution in [3.63, 3.8) is 0 Å². The zero-order chi connectivity index (χ0) is 15.1. The lowest BCUT2D eigenvalue weighted by atomic mass is 9.85. The van der Waals surface area contributed by atoms with Gasteiger partial charge >= 0.3 is 5.97 Å². The summed E-state index contributed by atoms with van der Waals surface area (Å²) in [6.45, 7) is 0. The van der Waals surface area contributed by atoms with E-state index < -0.39 is 5.97 Å². The summed E-state index contributed by atoms with van der Waals surface area (Å²) < 4.78 is 0.529. The first-order chi connectivity index (χ1) is 10.0. The fourth-order valence-electron chi connectivity index (χ4n) is 2.85. The first kappa shape index (κ1) is 14.0. The largest absolute Gasteiger partial charge is 0.478 e. The number of carbonyl (C=O) groups excluding carboxylic acids is 2. The van der Waals surface area contributed by atoms with Crippen LogP contribution in [0, 0.1) is 11.8 Å². The van der Waals surface area contributed by atoms with E-state index in [1.165, 1.54) is 12.1 Å². The SMILES string of the molecule is O=C(O)c1ccc(Br)c(N2C(=O)[C@H]3CC=CC[C@H]3C2=O)c1. The van der Waals surface area contributed by atoms with Crippen molar-refractivity contribution in [3.05, 3.63) is 40.4 Å². The van der Waals surface area contributed by atoms with Crippen LogP contribution in [-0.2, 0) is 9.59 Å². The van der Waals surface area contributed by atoms with Gasteiger partial charge in [0, 0.05) is 4.47 Å². The number of hydrogen-bond acceptors (Lipinski definition) is 3. The number of aromatic carboxylic acids is 1. The Morgan fingerprint density at radius 3 is 2.24 bits per heavy atom. The Hall–Kier alpha value is -1.95. The van der Waals surface area contributed by atoms with Crippen LogP contribution in [-0.4, -0.2) is 22.9 Å². The molecule has 0 unspecified atom stereocenters. The minimum absolute atomic E-state index is 0.0433. The van der Waals surface area contributed by atoms with Crippen molar-refractivity contribution in [2.75, 3.05) is 4.90 Å². The third-order valence-electron chi connectivity index (χ3n) is 3.94. The number of fused-ring (bicyclic) bond motifs is 1. The average molecular weight is 350 g/mol. The maximum absolute atomic E-state index is 12.5. The zero-order valence-corrected chi connectivity index (χ0v) is 12.5. The lowest BCUT2D eigenvalue weighted by Crippen LogP contribution is -2.31. The highest BCUT2D eigenvalue weighted by molar-refractivity contribution is 9.10. The molecule has 3 rings (SSSR count). The molecule has 6 heteroatoms. The summed E-state index contributed by atoms with van der Waals surface area (Å²) in [6.07, 6.45) is 4.95. The number of nitrogens with zero attached hydrogens (tertiary/aromatic N) is 1. The van der Waals surface area contributed by atoms with E-state index in [-0.39, 0.29) is 29.2 Å². The Balaban J connectivity index is 2.05. The molecule has 0 bridgehead atoms. The minimum Gasteiger partial charge on any atom is -0.478 e. The maximum atomic E-state index is 12.5. The monoisotopic (exact) mass is 349 g/mol. The number of carboxylic acids is 1. The van der Waals surface area contributed by atoms with E-state index in [4.69, 9.17) is 5.11 Å². The van der Waals surface area contributed by atoms with Crippen LogP contribution >= 0.6 is 15.9 Å². The van der Waals surface area contributed by atoms with Crippen molar-refractivity contribution in [2.45, 2.75) is 12.8 Å². The summed E-state index contributed by atoms with van der Waals surface area (Å²) in [7, 11) is 0. The second kappa shape index (κ2) is 5.11. The highest BCUT2D eigenvalue weighted by atomic mass is 79.9. The number of rotatable bonds is 2. The number of amides is 2. The Bertz CT molecular complexity index is 656. The number of imide groups is 1. The van der Waals surface area contributed by atoms with Gasteiger partial charge < -0.3 is 5.11 Å². The minimum atomic E-state index is -1.10. The van der Waals surface area contributed by atoms with E-state index in [1.54, 1.807) is 6.07 Å². The number of carboxylic acid groups (broad SMARTS) is 1. The number of benzene rings is 1. The lowest BCUT2D eigenvalue weighted by Gasteiger charge is -2.17. The third-order valence-corrected chi connectivity index (χ3v) is 4.61. The normalized spacial score (nSPS) is 24.3. The van der Waals surface area contributed by atoms with Gasteiger partial charge in [-0.1, -0.05) is 12.2 Å². The summed E-state index contributed by atoms with van der Waals surface area (Å²) in [4.78, 5) is 37.2. The lowest BCUT2D eigenvalue weighted by molar-refractivity contribution is -0.122. The van der Waals surface area contributed by atoms with Gasteiger partial charge in [0.05, 0.1) is 23.1 Å². The fraction of sp³-hybridized carbons (Fsp3) is 0.267. The van der Waals surface area contributed by atoms with E-state index in [0.717, 1.165) is 4.90 Å². The van der Waals surface area contributed by atoms with Gasteiger partial charge in [0.1, 0.15) is 0 Å². The number of hydrogen-bond donors (Lipinski definition) is 1. The van der Waals surface area contributed by atoms with Gasteiger partial charge in [-0.25, -0.2) is 9.69 Å². The molecule has 1 aromatic carbocycles. The molecule has 1 aliphatic carbocycles. The van der Waals surface area contributed by atoms with Crippen molar-refractivity contribution in [2.24, 2.45) is 11.8 Å². The first-order valence-electron chi connectivity index (χ1n) is 6.56. The van der Waals surface area contributed by atoms with Crippen LogP contribution in [0.1, 0.15) is 23.2 Å². The molecule has 1 N–H and O–H groups in total. The first-order valence-corrected chi connectivity index (χ1v) is 7.35. The zero-order valence-electron chi connectivity index (χ0n) is 11.0. The predicted octanol–water partition coefficient (Wildman–Crippen LogP) is 2.60. The quantitative estimate of drug-likeness (QED) is 0.657. The molecular weight excluding hydrogens is 338 g/mol. The molecule has 0 spiro atoms. The van der Waals surface area contributed by atoms with E-state index >= 15 is 0 Å². The number of anilines is 1. The summed E-state index contributed by atoms with van der Waals surface area (Å²) in [5.41, 5.74) is 0.348. The Morgan fingerprint density at radius 1 is 1.14 bits per heavy atom. The smallest absolute Gasteiger partial charge is 0.335 e. The van der Waals surface area contributed by atoms with Crippen LogP contribution in [0.4, 0.5) is 5.69 Å². The van der Waals surface area contributed by atoms with Crippen molar-refractivity contribution in [1.29, 1.82) is 0 Å². The van der Waals surface area contributed by atoms with Gasteiger partial charge in [-0.05, 0) is 47.0 Å². The van der Waals surface area contributed by atoms with Crippen LogP contribution in [0.3, 0.4) is 0 Å². The Morgan fingerprint density at radius 2 is 1.71 bits per heavy atom. The van der Waals surface area contributed by atoms with Crippen molar-refractivity contribution >= 4 is 39.4 Å². The van der Waals surface area contributed by atoms with Gasteiger partial charge in [-0.15, -0.1) is 0 Å². The van der Waals surface area contributed by atoms with Gasteiger partial charge in [0.15, 0.2) is 0 Å². The fourth-order valence-corrected chi connectivity index (χ4v) is 3.28. The average Bonchev–Trinajstić information content (AvgIpc) is 2.72. The van der Waals surface area contributed by atoms with Crippen molar-refractivity contribution in [3.8, 4) is 0 Å². The topological polar surface area (TPSA) is 74.7 Å². The molecule has 2 atom stereocenters. The molecule has 0 saturated carbocycles. The highest BCUT2D eigenvalue weighted by Crippen LogP contribution is 2.40. The molecule has 0 aromatic heterocycles. The van der Waals surface area contributed by atoms with Crippen LogP contribution < -0.4 is 4.90 Å². The number of halogens is 1. The van der Waals surface area contributed by atoms with Gasteiger partial charge in [0.25, 0.3) is 0 Å². The maximum Gasteiger partial charge on any atom is 0.335 e. The third kappa shape index (κ3) is 2.19. The van der Waals surface area contributed by atoms with Crippen LogP contribution in [0.2, 0.25) is 0 Å².